The minimum absolute atomic E-state index is 0.140. The van der Waals surface area contributed by atoms with Crippen LogP contribution in [0.5, 0.6) is 0 Å². The predicted octanol–water partition coefficient (Wildman–Crippen LogP) is 3.64. The third kappa shape index (κ3) is 7.60. The molecule has 0 aromatic carbocycles. The second kappa shape index (κ2) is 8.75. The average molecular weight is 255 g/mol. The SMILES string of the molecule is CCCCCCCOC(C(N)CC)C(F)(F)F. The number of hydrogen-bond acceptors (Lipinski definition) is 2. The summed E-state index contributed by atoms with van der Waals surface area (Å²) in [6.07, 6.45) is -1.04. The first-order valence-electron chi connectivity index (χ1n) is 6.37. The highest BCUT2D eigenvalue weighted by Crippen LogP contribution is 2.26. The van der Waals surface area contributed by atoms with Crippen LogP contribution in [0.1, 0.15) is 52.4 Å². The molecule has 0 fully saturated rings. The maximum absolute atomic E-state index is 12.6. The van der Waals surface area contributed by atoms with Crippen molar-refractivity contribution in [3.8, 4) is 0 Å². The van der Waals surface area contributed by atoms with Crippen molar-refractivity contribution < 1.29 is 17.9 Å². The predicted molar refractivity (Wildman–Crippen MR) is 62.8 cm³/mol. The van der Waals surface area contributed by atoms with Crippen molar-refractivity contribution in [3.63, 3.8) is 0 Å². The fourth-order valence-electron chi connectivity index (χ4n) is 1.59. The number of rotatable bonds is 9. The summed E-state index contributed by atoms with van der Waals surface area (Å²) in [5.74, 6) is 0. The summed E-state index contributed by atoms with van der Waals surface area (Å²) in [4.78, 5) is 0. The number of unbranched alkanes of at least 4 members (excludes halogenated alkanes) is 4. The highest BCUT2D eigenvalue weighted by atomic mass is 19.4. The van der Waals surface area contributed by atoms with Crippen molar-refractivity contribution in [2.75, 3.05) is 6.61 Å². The quantitative estimate of drug-likeness (QED) is 0.638. The van der Waals surface area contributed by atoms with Gasteiger partial charge < -0.3 is 10.5 Å². The molecular formula is C12H24F3NO. The highest BCUT2D eigenvalue weighted by molar-refractivity contribution is 4.79. The van der Waals surface area contributed by atoms with Gasteiger partial charge in [0.1, 0.15) is 0 Å². The fourth-order valence-corrected chi connectivity index (χ4v) is 1.59. The molecule has 0 heterocycles. The zero-order valence-corrected chi connectivity index (χ0v) is 10.7. The fraction of sp³-hybridized carbons (Fsp3) is 1.00. The van der Waals surface area contributed by atoms with Crippen LogP contribution in [0.15, 0.2) is 0 Å². The van der Waals surface area contributed by atoms with Gasteiger partial charge in [0, 0.05) is 12.6 Å². The van der Waals surface area contributed by atoms with Crippen LogP contribution in [0, 0.1) is 0 Å². The lowest BCUT2D eigenvalue weighted by molar-refractivity contribution is -0.226. The first-order chi connectivity index (χ1) is 7.93. The van der Waals surface area contributed by atoms with Crippen molar-refractivity contribution in [2.24, 2.45) is 5.73 Å². The van der Waals surface area contributed by atoms with Crippen LogP contribution < -0.4 is 5.73 Å². The van der Waals surface area contributed by atoms with Crippen LogP contribution >= 0.6 is 0 Å². The molecule has 2 nitrogen and oxygen atoms in total. The molecular weight excluding hydrogens is 231 g/mol. The van der Waals surface area contributed by atoms with Gasteiger partial charge in [-0.05, 0) is 12.8 Å². The largest absolute Gasteiger partial charge is 0.416 e. The van der Waals surface area contributed by atoms with Gasteiger partial charge in [0.05, 0.1) is 0 Å². The Morgan fingerprint density at radius 2 is 1.65 bits per heavy atom. The van der Waals surface area contributed by atoms with E-state index in [0.717, 1.165) is 25.7 Å². The molecule has 17 heavy (non-hydrogen) atoms. The molecule has 5 heteroatoms. The Morgan fingerprint density at radius 3 is 2.12 bits per heavy atom. The van der Waals surface area contributed by atoms with Crippen LogP contribution in [-0.4, -0.2) is 24.9 Å². The third-order valence-corrected chi connectivity index (χ3v) is 2.73. The van der Waals surface area contributed by atoms with Crippen LogP contribution in [-0.2, 0) is 4.74 Å². The molecule has 0 aromatic heterocycles. The Hall–Kier alpha value is -0.290. The van der Waals surface area contributed by atoms with Crippen molar-refractivity contribution in [1.29, 1.82) is 0 Å². The lowest BCUT2D eigenvalue weighted by Crippen LogP contribution is -2.46. The first-order valence-corrected chi connectivity index (χ1v) is 6.37. The average Bonchev–Trinajstić information content (AvgIpc) is 2.25. The maximum atomic E-state index is 12.6. The highest BCUT2D eigenvalue weighted by Gasteiger charge is 2.43. The van der Waals surface area contributed by atoms with Crippen molar-refractivity contribution in [3.05, 3.63) is 0 Å². The molecule has 0 bridgehead atoms. The van der Waals surface area contributed by atoms with E-state index in [-0.39, 0.29) is 13.0 Å². The van der Waals surface area contributed by atoms with Crippen LogP contribution in [0.4, 0.5) is 13.2 Å². The van der Waals surface area contributed by atoms with Crippen LogP contribution in [0.3, 0.4) is 0 Å². The molecule has 0 radical (unpaired) electrons. The van der Waals surface area contributed by atoms with E-state index in [1.165, 1.54) is 0 Å². The number of ether oxygens (including phenoxy) is 1. The summed E-state index contributed by atoms with van der Waals surface area (Å²) in [6, 6.07) is -0.967. The van der Waals surface area contributed by atoms with Gasteiger partial charge in [-0.15, -0.1) is 0 Å². The molecule has 2 atom stereocenters. The summed E-state index contributed by atoms with van der Waals surface area (Å²) >= 11 is 0. The number of halogens is 3. The summed E-state index contributed by atoms with van der Waals surface area (Å²) < 4.78 is 42.6. The molecule has 2 N–H and O–H groups in total. The van der Waals surface area contributed by atoms with Crippen molar-refractivity contribution in [2.45, 2.75) is 70.7 Å². The van der Waals surface area contributed by atoms with Gasteiger partial charge in [-0.1, -0.05) is 39.5 Å². The molecule has 104 valence electrons. The van der Waals surface area contributed by atoms with E-state index in [1.54, 1.807) is 6.92 Å². The smallest absolute Gasteiger partial charge is 0.367 e. The van der Waals surface area contributed by atoms with Gasteiger partial charge in [0.25, 0.3) is 0 Å². The Kier molecular flexibility index (Phi) is 8.60. The van der Waals surface area contributed by atoms with Gasteiger partial charge in [-0.3, -0.25) is 0 Å². The van der Waals surface area contributed by atoms with Gasteiger partial charge >= 0.3 is 6.18 Å². The van der Waals surface area contributed by atoms with E-state index in [0.29, 0.717) is 6.42 Å². The van der Waals surface area contributed by atoms with Gasteiger partial charge in [0.2, 0.25) is 0 Å². The summed E-state index contributed by atoms with van der Waals surface area (Å²) in [7, 11) is 0. The van der Waals surface area contributed by atoms with E-state index < -0.39 is 18.3 Å². The minimum atomic E-state index is -4.36. The number of nitrogens with two attached hydrogens (primary N) is 1. The second-order valence-electron chi connectivity index (χ2n) is 4.32. The van der Waals surface area contributed by atoms with E-state index in [1.807, 2.05) is 0 Å². The molecule has 0 aromatic rings. The molecule has 0 saturated carbocycles. The topological polar surface area (TPSA) is 35.2 Å². The van der Waals surface area contributed by atoms with E-state index >= 15 is 0 Å². The number of alkyl halides is 3. The van der Waals surface area contributed by atoms with Crippen LogP contribution in [0.2, 0.25) is 0 Å². The molecule has 2 unspecified atom stereocenters. The molecule has 0 saturated heterocycles. The monoisotopic (exact) mass is 255 g/mol. The summed E-state index contributed by atoms with van der Waals surface area (Å²) in [5, 5.41) is 0. The molecule has 0 aliphatic heterocycles. The summed E-state index contributed by atoms with van der Waals surface area (Å²) in [5.41, 5.74) is 5.42. The normalized spacial score (nSPS) is 15.9. The van der Waals surface area contributed by atoms with Gasteiger partial charge in [0.15, 0.2) is 6.10 Å². The minimum Gasteiger partial charge on any atom is -0.367 e. The summed E-state index contributed by atoms with van der Waals surface area (Å²) in [6.45, 7) is 3.87. The zero-order valence-electron chi connectivity index (χ0n) is 10.7. The maximum Gasteiger partial charge on any atom is 0.416 e. The molecule has 0 amide bonds. The first kappa shape index (κ1) is 16.7. The number of hydrogen-bond donors (Lipinski definition) is 1. The molecule has 0 spiro atoms. The molecule has 0 aliphatic carbocycles. The molecule has 0 rings (SSSR count). The lowest BCUT2D eigenvalue weighted by Gasteiger charge is -2.25. The second-order valence-corrected chi connectivity index (χ2v) is 4.32. The van der Waals surface area contributed by atoms with E-state index in [4.69, 9.17) is 10.5 Å². The Morgan fingerprint density at radius 1 is 1.06 bits per heavy atom. The Bertz CT molecular complexity index is 185. The van der Waals surface area contributed by atoms with Gasteiger partial charge in [-0.2, -0.15) is 13.2 Å². The van der Waals surface area contributed by atoms with Crippen LogP contribution in [0.25, 0.3) is 0 Å². The molecule has 0 aliphatic rings. The van der Waals surface area contributed by atoms with E-state index in [2.05, 4.69) is 6.92 Å². The van der Waals surface area contributed by atoms with Gasteiger partial charge in [-0.25, -0.2) is 0 Å². The van der Waals surface area contributed by atoms with Crippen molar-refractivity contribution >= 4 is 0 Å². The standard InChI is InChI=1S/C12H24F3NO/c1-3-5-6-7-8-9-17-11(10(16)4-2)12(13,14)15/h10-11H,3-9,16H2,1-2H3. The van der Waals surface area contributed by atoms with Crippen molar-refractivity contribution in [1.82, 2.24) is 0 Å². The lowest BCUT2D eigenvalue weighted by atomic mass is 10.1. The Labute approximate surface area is 102 Å². The third-order valence-electron chi connectivity index (χ3n) is 2.73. The van der Waals surface area contributed by atoms with E-state index in [9.17, 15) is 13.2 Å². The Balaban J connectivity index is 3.86. The zero-order chi connectivity index (χ0) is 13.3.